The Hall–Kier alpha value is -4.11. The summed E-state index contributed by atoms with van der Waals surface area (Å²) in [4.78, 5) is 8.17. The van der Waals surface area contributed by atoms with Crippen molar-refractivity contribution in [1.82, 2.24) is 9.97 Å². The molecule has 3 aromatic carbocycles. The number of hydrogen-bond donors (Lipinski definition) is 1. The van der Waals surface area contributed by atoms with Gasteiger partial charge in [0.15, 0.2) is 11.9 Å². The summed E-state index contributed by atoms with van der Waals surface area (Å²) in [5.74, 6) is -1.26. The number of hydrogen-bond acceptors (Lipinski definition) is 7. The van der Waals surface area contributed by atoms with E-state index >= 15 is 4.39 Å². The third-order valence-corrected chi connectivity index (χ3v) is 7.20. The Morgan fingerprint density at radius 1 is 0.850 bits per heavy atom. The molecule has 2 heterocycles. The minimum atomic E-state index is -1.12. The first-order valence-electron chi connectivity index (χ1n) is 13.2. The molecule has 1 fully saturated rings. The Morgan fingerprint density at radius 2 is 1.40 bits per heavy atom. The Bertz CT molecular complexity index is 1400. The Balaban J connectivity index is 1.42. The maximum absolute atomic E-state index is 16.2. The number of nitrogen functional groups attached to an aromatic ring is 1. The van der Waals surface area contributed by atoms with Gasteiger partial charge >= 0.3 is 6.01 Å². The average molecular weight is 540 g/mol. The zero-order valence-corrected chi connectivity index (χ0v) is 22.2. The fourth-order valence-corrected chi connectivity index (χ4v) is 5.49. The van der Waals surface area contributed by atoms with Crippen molar-refractivity contribution in [2.75, 3.05) is 12.3 Å². The molecular weight excluding hydrogens is 509 g/mol. The molecule has 2 aliphatic rings. The summed E-state index contributed by atoms with van der Waals surface area (Å²) in [7, 11) is 0. The molecule has 0 bridgehead atoms. The second-order valence-electron chi connectivity index (χ2n) is 10.3. The normalized spacial score (nSPS) is 21.8. The highest BCUT2D eigenvalue weighted by Gasteiger charge is 2.56. The maximum Gasteiger partial charge on any atom is 0.319 e. The quantitative estimate of drug-likeness (QED) is 0.293. The van der Waals surface area contributed by atoms with E-state index in [1.165, 1.54) is 12.3 Å². The van der Waals surface area contributed by atoms with Gasteiger partial charge in [-0.1, -0.05) is 91.0 Å². The van der Waals surface area contributed by atoms with Crippen LogP contribution in [0.1, 0.15) is 30.5 Å². The number of halogens is 1. The van der Waals surface area contributed by atoms with Crippen LogP contribution >= 0.6 is 0 Å². The van der Waals surface area contributed by atoms with E-state index in [1.54, 1.807) is 13.8 Å². The van der Waals surface area contributed by atoms with Crippen molar-refractivity contribution in [2.45, 2.75) is 43.5 Å². The number of rotatable bonds is 8. The van der Waals surface area contributed by atoms with E-state index in [-0.39, 0.29) is 18.4 Å². The predicted octanol–water partition coefficient (Wildman–Crippen LogP) is 5.57. The monoisotopic (exact) mass is 539 g/mol. The van der Waals surface area contributed by atoms with Crippen LogP contribution in [-0.2, 0) is 19.8 Å². The molecule has 0 unspecified atom stereocenters. The molecule has 1 aliphatic heterocycles. The van der Waals surface area contributed by atoms with E-state index in [2.05, 4.69) is 9.97 Å². The molecule has 0 radical (unpaired) electrons. The predicted molar refractivity (Wildman–Crippen MR) is 148 cm³/mol. The fourth-order valence-electron chi connectivity index (χ4n) is 5.49. The Labute approximate surface area is 232 Å². The second-order valence-corrected chi connectivity index (χ2v) is 10.3. The Kier molecular flexibility index (Phi) is 6.83. The molecule has 0 amide bonds. The van der Waals surface area contributed by atoms with Crippen molar-refractivity contribution in [1.29, 1.82) is 0 Å². The number of nitrogens with zero attached hydrogens (tertiary/aromatic N) is 2. The summed E-state index contributed by atoms with van der Waals surface area (Å²) >= 11 is 0. The molecule has 4 aromatic rings. The van der Waals surface area contributed by atoms with Crippen molar-refractivity contribution in [3.8, 4) is 6.01 Å². The molecule has 3 atom stereocenters. The van der Waals surface area contributed by atoms with E-state index in [0.29, 0.717) is 5.57 Å². The largest absolute Gasteiger partial charge is 0.450 e. The van der Waals surface area contributed by atoms with E-state index in [0.717, 1.165) is 16.7 Å². The van der Waals surface area contributed by atoms with Crippen molar-refractivity contribution in [2.24, 2.45) is 0 Å². The summed E-state index contributed by atoms with van der Waals surface area (Å²) in [5, 5.41) is 0. The van der Waals surface area contributed by atoms with Gasteiger partial charge in [-0.05, 0) is 36.6 Å². The zero-order valence-electron chi connectivity index (χ0n) is 22.2. The molecule has 8 heteroatoms. The highest BCUT2D eigenvalue weighted by Crippen LogP contribution is 2.46. The van der Waals surface area contributed by atoms with E-state index in [1.807, 2.05) is 91.0 Å². The van der Waals surface area contributed by atoms with Crippen LogP contribution in [0.25, 0.3) is 0 Å². The maximum atomic E-state index is 16.2. The molecule has 6 rings (SSSR count). The third-order valence-electron chi connectivity index (χ3n) is 7.20. The van der Waals surface area contributed by atoms with Crippen LogP contribution in [0.5, 0.6) is 6.01 Å². The van der Waals surface area contributed by atoms with Crippen molar-refractivity contribution < 1.29 is 23.3 Å². The molecular formula is C32H30FN3O4. The van der Waals surface area contributed by atoms with Crippen LogP contribution in [-0.4, -0.2) is 40.7 Å². The molecule has 1 aromatic heterocycles. The topological polar surface area (TPSA) is 88.7 Å². The molecule has 0 spiro atoms. The van der Waals surface area contributed by atoms with Gasteiger partial charge in [0.2, 0.25) is 0 Å². The highest BCUT2D eigenvalue weighted by molar-refractivity contribution is 5.48. The molecule has 0 saturated carbocycles. The number of nitrogens with two attached hydrogens (primary N) is 1. The average Bonchev–Trinajstić information content (AvgIpc) is 3.40. The summed E-state index contributed by atoms with van der Waals surface area (Å²) in [6, 6.07) is 31.3. The van der Waals surface area contributed by atoms with Crippen LogP contribution in [0.4, 0.5) is 10.2 Å². The lowest BCUT2D eigenvalue weighted by Crippen LogP contribution is -2.36. The van der Waals surface area contributed by atoms with Gasteiger partial charge in [0, 0.05) is 11.8 Å². The van der Waals surface area contributed by atoms with Gasteiger partial charge < -0.3 is 24.7 Å². The van der Waals surface area contributed by atoms with Crippen LogP contribution in [0.2, 0.25) is 0 Å². The highest BCUT2D eigenvalue weighted by atomic mass is 19.1. The van der Waals surface area contributed by atoms with Gasteiger partial charge in [0.25, 0.3) is 0 Å². The van der Waals surface area contributed by atoms with Gasteiger partial charge in [-0.25, -0.2) is 9.37 Å². The fraction of sp³-hybridized carbons (Fsp3) is 0.250. The molecule has 40 heavy (non-hydrogen) atoms. The van der Waals surface area contributed by atoms with Crippen molar-refractivity contribution >= 4 is 5.82 Å². The van der Waals surface area contributed by atoms with Crippen molar-refractivity contribution in [3.05, 3.63) is 131 Å². The first-order chi connectivity index (χ1) is 19.4. The lowest BCUT2D eigenvalue weighted by Gasteiger charge is -2.36. The van der Waals surface area contributed by atoms with Crippen LogP contribution in [0.3, 0.4) is 0 Å². The first-order valence-corrected chi connectivity index (χ1v) is 13.2. The summed E-state index contributed by atoms with van der Waals surface area (Å²) in [6.45, 7) is 3.50. The standard InChI is InChI=1S/C32H30FN3O4/c1-31(2)39-27-24(26(33)28(29(27)40-31)38-30-35-19-18-25(34)36-30)20-37-32(21-12-6-3-7-13-21,22-14-8-4-9-15-22)23-16-10-5-11-17-23/h3-19,27-29H,20H2,1-2H3,(H2,34,35,36)/t27-,28-,29-/m1/s1. The molecule has 204 valence electrons. The first kappa shape index (κ1) is 26.1. The SMILES string of the molecule is CC1(C)O[C@H]2[C@H](Oc3nccc(N)n3)C(F)=C(COC(c3ccccc3)(c3ccccc3)c3ccccc3)[C@H]2O1. The lowest BCUT2D eigenvalue weighted by atomic mass is 9.80. The summed E-state index contributed by atoms with van der Waals surface area (Å²) in [6.07, 6.45) is -1.13. The number of benzene rings is 3. The van der Waals surface area contributed by atoms with E-state index < -0.39 is 35.5 Å². The van der Waals surface area contributed by atoms with Gasteiger partial charge in [-0.2, -0.15) is 4.98 Å². The van der Waals surface area contributed by atoms with Gasteiger partial charge in [-0.3, -0.25) is 0 Å². The van der Waals surface area contributed by atoms with Gasteiger partial charge in [0.05, 0.1) is 6.61 Å². The van der Waals surface area contributed by atoms with Crippen LogP contribution < -0.4 is 10.5 Å². The zero-order chi connectivity index (χ0) is 27.7. The van der Waals surface area contributed by atoms with Crippen LogP contribution in [0.15, 0.2) is 115 Å². The van der Waals surface area contributed by atoms with Gasteiger partial charge in [-0.15, -0.1) is 0 Å². The third kappa shape index (κ3) is 4.75. The number of ether oxygens (including phenoxy) is 4. The van der Waals surface area contributed by atoms with E-state index in [9.17, 15) is 0 Å². The molecule has 7 nitrogen and oxygen atoms in total. The molecule has 2 N–H and O–H groups in total. The minimum Gasteiger partial charge on any atom is -0.450 e. The Morgan fingerprint density at radius 3 is 1.93 bits per heavy atom. The number of aromatic nitrogens is 2. The summed E-state index contributed by atoms with van der Waals surface area (Å²) in [5.41, 5.74) is 7.81. The van der Waals surface area contributed by atoms with Gasteiger partial charge in [0.1, 0.15) is 29.5 Å². The number of fused-ring (bicyclic) bond motifs is 1. The molecule has 1 aliphatic carbocycles. The minimum absolute atomic E-state index is 0.0402. The van der Waals surface area contributed by atoms with Crippen LogP contribution in [0, 0.1) is 0 Å². The van der Waals surface area contributed by atoms with Crippen molar-refractivity contribution in [3.63, 3.8) is 0 Å². The number of anilines is 1. The smallest absolute Gasteiger partial charge is 0.319 e. The second kappa shape index (κ2) is 10.5. The molecule has 1 saturated heterocycles. The lowest BCUT2D eigenvalue weighted by molar-refractivity contribution is -0.154. The van der Waals surface area contributed by atoms with E-state index in [4.69, 9.17) is 24.7 Å². The summed E-state index contributed by atoms with van der Waals surface area (Å²) < 4.78 is 41.3.